The first-order chi connectivity index (χ1) is 28.8. The van der Waals surface area contributed by atoms with E-state index >= 15 is 0 Å². The number of primary amides is 1. The third kappa shape index (κ3) is 12.5. The Balaban J connectivity index is 1.42. The summed E-state index contributed by atoms with van der Waals surface area (Å²) in [6.07, 6.45) is 4.60. The highest BCUT2D eigenvalue weighted by atomic mass is 16.2. The summed E-state index contributed by atoms with van der Waals surface area (Å²) in [6, 6.07) is -4.69. The highest BCUT2D eigenvalue weighted by molar-refractivity contribution is 5.98. The van der Waals surface area contributed by atoms with Crippen LogP contribution in [0.25, 0.3) is 0 Å². The summed E-state index contributed by atoms with van der Waals surface area (Å²) >= 11 is 0. The highest BCUT2D eigenvalue weighted by Gasteiger charge is 2.51. The second-order valence-electron chi connectivity index (χ2n) is 17.8. The molecule has 8 amide bonds. The molecule has 0 unspecified atom stereocenters. The molecule has 3 saturated heterocycles. The van der Waals surface area contributed by atoms with Gasteiger partial charge < -0.3 is 53.2 Å². The Bertz CT molecular complexity index is 1740. The van der Waals surface area contributed by atoms with Crippen molar-refractivity contribution >= 4 is 53.2 Å². The lowest BCUT2D eigenvalue weighted by molar-refractivity contribution is -0.148. The van der Waals surface area contributed by atoms with E-state index < -0.39 is 89.1 Å². The van der Waals surface area contributed by atoms with E-state index in [2.05, 4.69) is 26.3 Å². The molecule has 338 valence electrons. The first-order valence-electron chi connectivity index (χ1n) is 21.7. The van der Waals surface area contributed by atoms with Crippen LogP contribution in [0.5, 0.6) is 0 Å². The molecule has 4 aliphatic rings. The number of rotatable bonds is 20. The van der Waals surface area contributed by atoms with E-state index in [4.69, 9.17) is 17.2 Å². The van der Waals surface area contributed by atoms with Crippen LogP contribution < -0.4 is 38.5 Å². The summed E-state index contributed by atoms with van der Waals surface area (Å²) < 4.78 is 0. The fraction of sp³-hybridized carbons (Fsp3) is 0.756. The van der Waals surface area contributed by atoms with Gasteiger partial charge in [-0.05, 0) is 95.8 Å². The molecule has 4 fully saturated rings. The Kier molecular flexibility index (Phi) is 16.9. The molecular formula is C41H66N12O8. The molecule has 0 radical (unpaired) electrons. The molecule has 0 bridgehead atoms. The van der Waals surface area contributed by atoms with Gasteiger partial charge in [-0.15, -0.1) is 0 Å². The summed E-state index contributed by atoms with van der Waals surface area (Å²) in [4.78, 5) is 116. The molecule has 0 aromatic rings. The number of guanidine groups is 1. The molecule has 0 spiro atoms. The number of hydrogen-bond acceptors (Lipinski definition) is 10. The van der Waals surface area contributed by atoms with Crippen molar-refractivity contribution < 1.29 is 38.4 Å². The van der Waals surface area contributed by atoms with Crippen molar-refractivity contribution in [1.82, 2.24) is 36.0 Å². The normalized spacial score (nSPS) is 22.4. The number of nitrogens with one attached hydrogen (secondary N) is 4. The molecule has 3 heterocycles. The molecule has 0 aromatic heterocycles. The summed E-state index contributed by atoms with van der Waals surface area (Å²) in [7, 11) is 0. The van der Waals surface area contributed by atoms with Crippen LogP contribution in [0, 0.1) is 28.6 Å². The van der Waals surface area contributed by atoms with E-state index in [1.165, 1.54) is 21.6 Å². The molecule has 10 N–H and O–H groups in total. The minimum atomic E-state index is -1.19. The van der Waals surface area contributed by atoms with E-state index in [-0.39, 0.29) is 56.2 Å². The van der Waals surface area contributed by atoms with Crippen molar-refractivity contribution in [1.29, 1.82) is 5.26 Å². The van der Waals surface area contributed by atoms with Gasteiger partial charge in [-0.3, -0.25) is 43.3 Å². The van der Waals surface area contributed by atoms with Crippen LogP contribution in [0.4, 0.5) is 0 Å². The fourth-order valence-corrected chi connectivity index (χ4v) is 8.42. The number of nitriles is 1. The monoisotopic (exact) mass is 855 g/mol. The van der Waals surface area contributed by atoms with Crippen molar-refractivity contribution in [3.05, 3.63) is 0 Å². The van der Waals surface area contributed by atoms with Gasteiger partial charge >= 0.3 is 0 Å². The van der Waals surface area contributed by atoms with Crippen LogP contribution in [0.3, 0.4) is 0 Å². The molecule has 0 aromatic carbocycles. The van der Waals surface area contributed by atoms with E-state index in [0.717, 1.165) is 0 Å². The lowest BCUT2D eigenvalue weighted by Gasteiger charge is -2.34. The number of amides is 8. The first kappa shape index (κ1) is 48.2. The molecule has 61 heavy (non-hydrogen) atoms. The highest BCUT2D eigenvalue weighted by Crippen LogP contribution is 2.45. The number of nitrogens with two attached hydrogens (primary N) is 3. The minimum absolute atomic E-state index is 0.0317. The molecule has 20 heteroatoms. The Hall–Kier alpha value is -5.48. The molecule has 1 saturated carbocycles. The van der Waals surface area contributed by atoms with Crippen LogP contribution in [-0.2, 0) is 38.4 Å². The largest absolute Gasteiger partial charge is 0.370 e. The average Bonchev–Trinajstić information content (AvgIpc) is 3.56. The van der Waals surface area contributed by atoms with E-state index in [0.29, 0.717) is 70.8 Å². The predicted octanol–water partition coefficient (Wildman–Crippen LogP) is -1.15. The van der Waals surface area contributed by atoms with Crippen LogP contribution >= 0.6 is 0 Å². The predicted molar refractivity (Wildman–Crippen MR) is 223 cm³/mol. The van der Waals surface area contributed by atoms with Gasteiger partial charge in [0.2, 0.25) is 47.3 Å². The lowest BCUT2D eigenvalue weighted by Crippen LogP contribution is -2.59. The van der Waals surface area contributed by atoms with Gasteiger partial charge in [0.1, 0.15) is 47.7 Å². The van der Waals surface area contributed by atoms with Gasteiger partial charge in [0.05, 0.1) is 6.07 Å². The first-order valence-corrected chi connectivity index (χ1v) is 21.7. The van der Waals surface area contributed by atoms with Crippen molar-refractivity contribution in [2.45, 2.75) is 154 Å². The number of aliphatic imine (C=N–C) groups is 1. The maximum Gasteiger partial charge on any atom is 0.246 e. The second kappa shape index (κ2) is 21.4. The van der Waals surface area contributed by atoms with E-state index in [9.17, 15) is 43.6 Å². The van der Waals surface area contributed by atoms with Gasteiger partial charge in [0, 0.05) is 26.2 Å². The topological polar surface area (TPSA) is 309 Å². The maximum atomic E-state index is 14.3. The average molecular weight is 855 g/mol. The fourth-order valence-electron chi connectivity index (χ4n) is 8.42. The maximum absolute atomic E-state index is 14.3. The lowest BCUT2D eigenvalue weighted by atomic mass is 10.0. The molecule has 3 aliphatic heterocycles. The van der Waals surface area contributed by atoms with Gasteiger partial charge in [0.25, 0.3) is 0 Å². The Morgan fingerprint density at radius 1 is 0.689 bits per heavy atom. The Labute approximate surface area is 357 Å². The third-order valence-electron chi connectivity index (χ3n) is 11.9. The smallest absolute Gasteiger partial charge is 0.246 e. The quantitative estimate of drug-likeness (QED) is 0.0436. The number of hydrogen-bond donors (Lipinski definition) is 7. The number of nitrogens with zero attached hydrogens (tertiary/aromatic N) is 5. The van der Waals surface area contributed by atoms with Crippen molar-refractivity contribution in [2.24, 2.45) is 39.4 Å². The SMILES string of the molecule is CC(C)C[C@H](NC(=O)[C@@H]1CCCN1C(=O)[C@@H]1CCCN1C(=O)[C@H](CC(C)C)NC(=O)[C@H](C)NC(=O)[C@H](CCCN=C(N)N)NC(=O)C1(C#N)CC1)C(=O)N1CCC[C@H]1C(N)=O. The van der Waals surface area contributed by atoms with Crippen LogP contribution in [0.15, 0.2) is 4.99 Å². The van der Waals surface area contributed by atoms with Crippen LogP contribution in [-0.4, -0.2) is 136 Å². The summed E-state index contributed by atoms with van der Waals surface area (Å²) in [5.41, 5.74) is 15.2. The number of carbonyl (C=O) groups is 8. The van der Waals surface area contributed by atoms with Crippen molar-refractivity contribution in [3.8, 4) is 6.07 Å². The number of likely N-dealkylation sites (tertiary alicyclic amines) is 3. The summed E-state index contributed by atoms with van der Waals surface area (Å²) in [5.74, 6) is -4.37. The van der Waals surface area contributed by atoms with E-state index in [1.54, 1.807) is 0 Å². The summed E-state index contributed by atoms with van der Waals surface area (Å²) in [5, 5.41) is 20.4. The third-order valence-corrected chi connectivity index (χ3v) is 11.9. The van der Waals surface area contributed by atoms with Crippen molar-refractivity contribution in [3.63, 3.8) is 0 Å². The second-order valence-corrected chi connectivity index (χ2v) is 17.8. The standard InChI is InChI=1S/C41H66N12O8/c1-23(2)20-27(48-33(55)25(5)47-34(56)26(10-6-16-46-40(44)45)50-39(61)41(22-42)14-15-41)37(59)53-19-9-13-31(53)38(60)52-18-8-12-30(52)35(57)49-28(21-24(3)4)36(58)51-17-7-11-29(51)32(43)54/h23-31H,6-21H2,1-5H3,(H2,43,54)(H,47,56)(H,48,55)(H,49,57)(H,50,61)(H4,44,45,46)/t25-,26-,27-,28-,29-,30-,31-/m0/s1. The Morgan fingerprint density at radius 2 is 1.21 bits per heavy atom. The molecule has 7 atom stereocenters. The summed E-state index contributed by atoms with van der Waals surface area (Å²) in [6.45, 7) is 10.1. The van der Waals surface area contributed by atoms with Gasteiger partial charge in [0.15, 0.2) is 5.96 Å². The molecule has 1 aliphatic carbocycles. The molecule has 20 nitrogen and oxygen atoms in total. The Morgan fingerprint density at radius 3 is 1.74 bits per heavy atom. The zero-order valence-corrected chi connectivity index (χ0v) is 36.2. The molecule has 4 rings (SSSR count). The van der Waals surface area contributed by atoms with Gasteiger partial charge in [-0.1, -0.05) is 27.7 Å². The zero-order valence-electron chi connectivity index (χ0n) is 36.2. The van der Waals surface area contributed by atoms with E-state index in [1.807, 2.05) is 33.8 Å². The van der Waals surface area contributed by atoms with Crippen LogP contribution in [0.2, 0.25) is 0 Å². The van der Waals surface area contributed by atoms with Crippen LogP contribution in [0.1, 0.15) is 112 Å². The van der Waals surface area contributed by atoms with Gasteiger partial charge in [-0.25, -0.2) is 0 Å². The molecular weight excluding hydrogens is 789 g/mol. The minimum Gasteiger partial charge on any atom is -0.370 e. The van der Waals surface area contributed by atoms with Crippen molar-refractivity contribution in [2.75, 3.05) is 26.2 Å². The number of carbonyl (C=O) groups excluding carboxylic acids is 8. The van der Waals surface area contributed by atoms with Gasteiger partial charge in [-0.2, -0.15) is 5.26 Å². The zero-order chi connectivity index (χ0) is 45.2.